The molecular weight excluding hydrogens is 288 g/mol. The first-order chi connectivity index (χ1) is 11.1. The van der Waals surface area contributed by atoms with Crippen LogP contribution in [-0.2, 0) is 6.42 Å². The second-order valence-corrected chi connectivity index (χ2v) is 8.14. The third-order valence-corrected chi connectivity index (χ3v) is 6.45. The van der Waals surface area contributed by atoms with Gasteiger partial charge in [0.05, 0.1) is 11.4 Å². The number of carboxylic acid groups (broad SMARTS) is 1. The van der Waals surface area contributed by atoms with Crippen LogP contribution in [-0.4, -0.2) is 21.6 Å². The lowest BCUT2D eigenvalue weighted by Gasteiger charge is -2.57. The Kier molecular flexibility index (Phi) is 2.71. The maximum atomic E-state index is 11.7. The zero-order valence-electron chi connectivity index (χ0n) is 13.2. The van der Waals surface area contributed by atoms with Crippen molar-refractivity contribution in [2.24, 2.45) is 17.8 Å². The van der Waals surface area contributed by atoms with Crippen molar-refractivity contribution in [2.75, 3.05) is 5.32 Å². The number of rotatable bonds is 3. The van der Waals surface area contributed by atoms with Crippen LogP contribution in [0.4, 0.5) is 5.69 Å². The van der Waals surface area contributed by atoms with E-state index < -0.39 is 5.97 Å². The van der Waals surface area contributed by atoms with Crippen LogP contribution >= 0.6 is 0 Å². The van der Waals surface area contributed by atoms with E-state index in [-0.39, 0.29) is 5.54 Å². The second-order valence-electron chi connectivity index (χ2n) is 8.14. The summed E-state index contributed by atoms with van der Waals surface area (Å²) in [7, 11) is 0. The van der Waals surface area contributed by atoms with Crippen molar-refractivity contribution in [2.45, 2.75) is 50.5 Å². The summed E-state index contributed by atoms with van der Waals surface area (Å²) in [4.78, 5) is 16.1. The lowest BCUT2D eigenvalue weighted by molar-refractivity contribution is 0.0106. The fourth-order valence-electron chi connectivity index (χ4n) is 6.02. The van der Waals surface area contributed by atoms with Crippen LogP contribution < -0.4 is 5.32 Å². The first kappa shape index (κ1) is 13.6. The van der Waals surface area contributed by atoms with Crippen LogP contribution in [0, 0.1) is 17.8 Å². The smallest absolute Gasteiger partial charge is 0.339 e. The number of nitrogens with one attached hydrogen (secondary N) is 1. The number of pyridine rings is 1. The number of carboxylic acids is 1. The minimum absolute atomic E-state index is 0.116. The van der Waals surface area contributed by atoms with Crippen molar-refractivity contribution in [3.63, 3.8) is 0 Å². The molecule has 0 aliphatic heterocycles. The van der Waals surface area contributed by atoms with Gasteiger partial charge in [-0.25, -0.2) is 4.79 Å². The zero-order chi connectivity index (χ0) is 15.6. The molecule has 2 N–H and O–H groups in total. The number of allylic oxidation sites excluding steroid dienone is 1. The molecule has 0 unspecified atom stereocenters. The maximum absolute atomic E-state index is 11.7. The van der Waals surface area contributed by atoms with Gasteiger partial charge in [0.25, 0.3) is 0 Å². The average Bonchev–Trinajstić information content (AvgIpc) is 2.94. The molecule has 0 radical (unpaired) electrons. The monoisotopic (exact) mass is 310 g/mol. The van der Waals surface area contributed by atoms with Crippen molar-refractivity contribution in [3.8, 4) is 0 Å². The highest BCUT2D eigenvalue weighted by atomic mass is 16.4. The number of anilines is 1. The summed E-state index contributed by atoms with van der Waals surface area (Å²) in [6, 6.07) is 0. The highest BCUT2D eigenvalue weighted by molar-refractivity contribution is 5.97. The fraction of sp³-hybridized carbons (Fsp3) is 0.579. The van der Waals surface area contributed by atoms with Crippen LogP contribution in [0.2, 0.25) is 0 Å². The molecule has 1 aromatic heterocycles. The van der Waals surface area contributed by atoms with E-state index in [1.54, 1.807) is 0 Å². The SMILES string of the molecule is O=C(O)c1cnc2c(c1NC13CC4CC(CC(C4)C1)C3)C=CC2. The number of hydrogen-bond donors (Lipinski definition) is 2. The highest BCUT2D eigenvalue weighted by Crippen LogP contribution is 2.57. The van der Waals surface area contributed by atoms with Gasteiger partial charge in [-0.3, -0.25) is 4.98 Å². The molecule has 0 spiro atoms. The van der Waals surface area contributed by atoms with E-state index in [0.29, 0.717) is 5.56 Å². The molecule has 0 atom stereocenters. The molecule has 0 saturated heterocycles. The van der Waals surface area contributed by atoms with E-state index in [1.807, 2.05) is 6.08 Å². The maximum Gasteiger partial charge on any atom is 0.339 e. The van der Waals surface area contributed by atoms with Crippen LogP contribution in [0.15, 0.2) is 12.3 Å². The molecular formula is C19H22N2O2. The molecule has 1 heterocycles. The largest absolute Gasteiger partial charge is 0.478 e. The molecule has 4 nitrogen and oxygen atoms in total. The van der Waals surface area contributed by atoms with E-state index in [0.717, 1.165) is 41.1 Å². The molecule has 5 aliphatic carbocycles. The molecule has 0 amide bonds. The van der Waals surface area contributed by atoms with Gasteiger partial charge in [-0.15, -0.1) is 0 Å². The van der Waals surface area contributed by atoms with Crippen molar-refractivity contribution >= 4 is 17.7 Å². The molecule has 120 valence electrons. The fourth-order valence-corrected chi connectivity index (χ4v) is 6.02. The highest BCUT2D eigenvalue weighted by Gasteiger charge is 2.51. The molecule has 23 heavy (non-hydrogen) atoms. The second kappa shape index (κ2) is 4.59. The van der Waals surface area contributed by atoms with Gasteiger partial charge in [0, 0.05) is 23.7 Å². The number of aromatic carboxylic acids is 1. The van der Waals surface area contributed by atoms with Crippen molar-refractivity contribution in [1.29, 1.82) is 0 Å². The number of carbonyl (C=O) groups is 1. The first-order valence-electron chi connectivity index (χ1n) is 8.82. The third kappa shape index (κ3) is 2.03. The Balaban J connectivity index is 1.57. The van der Waals surface area contributed by atoms with Crippen LogP contribution in [0.3, 0.4) is 0 Å². The van der Waals surface area contributed by atoms with Gasteiger partial charge in [-0.1, -0.05) is 12.2 Å². The first-order valence-corrected chi connectivity index (χ1v) is 8.82. The number of fused-ring (bicyclic) bond motifs is 1. The van der Waals surface area contributed by atoms with Gasteiger partial charge >= 0.3 is 5.97 Å². The predicted octanol–water partition coefficient (Wildman–Crippen LogP) is 3.73. The topological polar surface area (TPSA) is 62.2 Å². The normalized spacial score (nSPS) is 36.3. The number of nitrogens with zero attached hydrogens (tertiary/aromatic N) is 1. The summed E-state index contributed by atoms with van der Waals surface area (Å²) in [5.41, 5.74) is 3.26. The number of hydrogen-bond acceptors (Lipinski definition) is 3. The van der Waals surface area contributed by atoms with Gasteiger partial charge in [0.2, 0.25) is 0 Å². The summed E-state index contributed by atoms with van der Waals surface area (Å²) >= 11 is 0. The minimum atomic E-state index is -0.882. The standard InChI is InChI=1S/C19H22N2O2/c22-18(23)15-10-20-16-3-1-2-14(16)17(15)21-19-7-11-4-12(8-19)6-13(5-11)9-19/h1-2,10-13H,3-9H2,(H,20,21)(H,22,23). The molecule has 5 aliphatic rings. The van der Waals surface area contributed by atoms with E-state index in [4.69, 9.17) is 0 Å². The van der Waals surface area contributed by atoms with E-state index in [1.165, 1.54) is 44.7 Å². The van der Waals surface area contributed by atoms with Gasteiger partial charge in [-0.05, 0) is 56.3 Å². The third-order valence-electron chi connectivity index (χ3n) is 6.45. The predicted molar refractivity (Wildman–Crippen MR) is 88.5 cm³/mol. The Morgan fingerprint density at radius 3 is 2.43 bits per heavy atom. The van der Waals surface area contributed by atoms with Gasteiger partial charge in [0.15, 0.2) is 0 Å². The Morgan fingerprint density at radius 2 is 1.83 bits per heavy atom. The molecule has 6 rings (SSSR count). The summed E-state index contributed by atoms with van der Waals surface area (Å²) in [6.45, 7) is 0. The van der Waals surface area contributed by atoms with Crippen LogP contribution in [0.1, 0.15) is 60.1 Å². The quantitative estimate of drug-likeness (QED) is 0.893. The van der Waals surface area contributed by atoms with Crippen molar-refractivity contribution in [1.82, 2.24) is 4.98 Å². The Hall–Kier alpha value is -1.84. The number of aromatic nitrogens is 1. The van der Waals surface area contributed by atoms with E-state index >= 15 is 0 Å². The van der Waals surface area contributed by atoms with Gasteiger partial charge < -0.3 is 10.4 Å². The van der Waals surface area contributed by atoms with Gasteiger partial charge in [-0.2, -0.15) is 0 Å². The molecule has 4 heteroatoms. The lowest BCUT2D eigenvalue weighted by Crippen LogP contribution is -2.55. The summed E-state index contributed by atoms with van der Waals surface area (Å²) in [6.07, 6.45) is 14.3. The molecule has 4 bridgehead atoms. The Bertz CT molecular complexity index is 687. The Morgan fingerprint density at radius 1 is 1.17 bits per heavy atom. The minimum Gasteiger partial charge on any atom is -0.478 e. The molecule has 4 fully saturated rings. The molecule has 4 saturated carbocycles. The Labute approximate surface area is 136 Å². The lowest BCUT2D eigenvalue weighted by atomic mass is 9.53. The van der Waals surface area contributed by atoms with Crippen LogP contribution in [0.25, 0.3) is 6.08 Å². The van der Waals surface area contributed by atoms with E-state index in [9.17, 15) is 9.90 Å². The molecule has 0 aromatic carbocycles. The summed E-state index contributed by atoms with van der Waals surface area (Å²) in [5, 5.41) is 13.4. The zero-order valence-corrected chi connectivity index (χ0v) is 13.2. The molecule has 1 aromatic rings. The summed E-state index contributed by atoms with van der Waals surface area (Å²) in [5.74, 6) is 1.64. The van der Waals surface area contributed by atoms with Crippen molar-refractivity contribution in [3.05, 3.63) is 29.1 Å². The van der Waals surface area contributed by atoms with Crippen molar-refractivity contribution < 1.29 is 9.90 Å². The van der Waals surface area contributed by atoms with Crippen LogP contribution in [0.5, 0.6) is 0 Å². The summed E-state index contributed by atoms with van der Waals surface area (Å²) < 4.78 is 0. The van der Waals surface area contributed by atoms with Gasteiger partial charge in [0.1, 0.15) is 5.56 Å². The van der Waals surface area contributed by atoms with E-state index in [2.05, 4.69) is 16.4 Å². The average molecular weight is 310 g/mol.